The molecule has 5 nitrogen and oxygen atoms in total. The number of aryl methyl sites for hydroxylation is 1. The van der Waals surface area contributed by atoms with Gasteiger partial charge in [0.05, 0.1) is 4.90 Å². The normalized spacial score (nSPS) is 13.4. The van der Waals surface area contributed by atoms with Gasteiger partial charge in [-0.2, -0.15) is 4.72 Å². The van der Waals surface area contributed by atoms with Crippen molar-refractivity contribution in [1.29, 1.82) is 0 Å². The van der Waals surface area contributed by atoms with Crippen LogP contribution in [0.15, 0.2) is 23.1 Å². The molecule has 0 unspecified atom stereocenters. The molecule has 0 radical (unpaired) electrons. The molecule has 0 spiro atoms. The standard InChI is InChI=1S/C10H12FNO4S/c1-6-5-8(11)3-4-9(6)17(15,16)12-7(2)10(13)14/h3-5,7,12H,1-2H3,(H,13,14)/t7-/m1/s1. The Morgan fingerprint density at radius 1 is 1.47 bits per heavy atom. The van der Waals surface area contributed by atoms with Gasteiger partial charge in [0.2, 0.25) is 10.0 Å². The fourth-order valence-electron chi connectivity index (χ4n) is 1.26. The number of carbonyl (C=O) groups is 1. The van der Waals surface area contributed by atoms with E-state index in [9.17, 15) is 17.6 Å². The molecule has 0 aromatic heterocycles. The van der Waals surface area contributed by atoms with Gasteiger partial charge in [-0.25, -0.2) is 12.8 Å². The minimum absolute atomic E-state index is 0.132. The molecule has 0 fully saturated rings. The zero-order chi connectivity index (χ0) is 13.2. The van der Waals surface area contributed by atoms with Crippen molar-refractivity contribution in [3.05, 3.63) is 29.6 Å². The molecule has 1 aromatic carbocycles. The average Bonchev–Trinajstić information content (AvgIpc) is 2.15. The average molecular weight is 261 g/mol. The predicted molar refractivity (Wildman–Crippen MR) is 58.6 cm³/mol. The Balaban J connectivity index is 3.10. The van der Waals surface area contributed by atoms with Gasteiger partial charge in [-0.05, 0) is 37.6 Å². The van der Waals surface area contributed by atoms with Crippen LogP contribution in [-0.2, 0) is 14.8 Å². The number of nitrogens with one attached hydrogen (secondary N) is 1. The van der Waals surface area contributed by atoms with E-state index in [-0.39, 0.29) is 10.5 Å². The summed E-state index contributed by atoms with van der Waals surface area (Å²) < 4.78 is 38.4. The van der Waals surface area contributed by atoms with Gasteiger partial charge in [-0.3, -0.25) is 4.79 Å². The number of aliphatic carboxylic acids is 1. The van der Waals surface area contributed by atoms with Crippen LogP contribution in [0, 0.1) is 12.7 Å². The highest BCUT2D eigenvalue weighted by Crippen LogP contribution is 2.16. The van der Waals surface area contributed by atoms with Gasteiger partial charge < -0.3 is 5.11 Å². The molecule has 0 aliphatic carbocycles. The highest BCUT2D eigenvalue weighted by molar-refractivity contribution is 7.89. The van der Waals surface area contributed by atoms with Crippen LogP contribution in [0.4, 0.5) is 4.39 Å². The molecule has 17 heavy (non-hydrogen) atoms. The fourth-order valence-corrected chi connectivity index (χ4v) is 2.68. The van der Waals surface area contributed by atoms with Crippen LogP contribution in [0.1, 0.15) is 12.5 Å². The summed E-state index contributed by atoms with van der Waals surface area (Å²) in [6.45, 7) is 2.64. The number of sulfonamides is 1. The second-order valence-electron chi connectivity index (χ2n) is 3.59. The van der Waals surface area contributed by atoms with Gasteiger partial charge in [0.25, 0.3) is 0 Å². The number of hydrogen-bond donors (Lipinski definition) is 2. The van der Waals surface area contributed by atoms with E-state index in [0.29, 0.717) is 0 Å². The van der Waals surface area contributed by atoms with Crippen LogP contribution < -0.4 is 4.72 Å². The Morgan fingerprint density at radius 2 is 2.06 bits per heavy atom. The van der Waals surface area contributed by atoms with Gasteiger partial charge in [-0.1, -0.05) is 0 Å². The van der Waals surface area contributed by atoms with E-state index in [0.717, 1.165) is 18.2 Å². The van der Waals surface area contributed by atoms with E-state index in [1.807, 2.05) is 4.72 Å². The highest BCUT2D eigenvalue weighted by atomic mass is 32.2. The molecular weight excluding hydrogens is 249 g/mol. The summed E-state index contributed by atoms with van der Waals surface area (Å²) in [5.41, 5.74) is 0.218. The maximum atomic E-state index is 12.8. The molecular formula is C10H12FNO4S. The van der Waals surface area contributed by atoms with Gasteiger partial charge >= 0.3 is 5.97 Å². The van der Waals surface area contributed by atoms with Gasteiger partial charge in [-0.15, -0.1) is 0 Å². The van der Waals surface area contributed by atoms with E-state index in [1.165, 1.54) is 13.8 Å². The number of carboxylic acid groups (broad SMARTS) is 1. The molecule has 0 aliphatic heterocycles. The molecule has 1 atom stereocenters. The second kappa shape index (κ2) is 4.80. The predicted octanol–water partition coefficient (Wildman–Crippen LogP) is 0.886. The van der Waals surface area contributed by atoms with Crippen molar-refractivity contribution < 1.29 is 22.7 Å². The molecule has 94 valence electrons. The lowest BCUT2D eigenvalue weighted by atomic mass is 10.2. The highest BCUT2D eigenvalue weighted by Gasteiger charge is 2.22. The Morgan fingerprint density at radius 3 is 2.53 bits per heavy atom. The number of rotatable bonds is 4. The van der Waals surface area contributed by atoms with E-state index in [4.69, 9.17) is 5.11 Å². The first-order valence-corrected chi connectivity index (χ1v) is 6.23. The molecule has 0 bridgehead atoms. The Hall–Kier alpha value is -1.47. The van der Waals surface area contributed by atoms with E-state index in [1.54, 1.807) is 0 Å². The third-order valence-corrected chi connectivity index (χ3v) is 3.83. The van der Waals surface area contributed by atoms with E-state index < -0.39 is 27.9 Å². The molecule has 0 amide bonds. The largest absolute Gasteiger partial charge is 0.480 e. The van der Waals surface area contributed by atoms with Crippen LogP contribution in [0.2, 0.25) is 0 Å². The molecule has 0 aliphatic rings. The zero-order valence-corrected chi connectivity index (χ0v) is 10.1. The third kappa shape index (κ3) is 3.24. The Labute approximate surface area is 98.3 Å². The number of halogens is 1. The summed E-state index contributed by atoms with van der Waals surface area (Å²) in [5, 5.41) is 8.62. The Kier molecular flexibility index (Phi) is 3.84. The summed E-state index contributed by atoms with van der Waals surface area (Å²) in [6, 6.07) is 1.93. The van der Waals surface area contributed by atoms with Crippen molar-refractivity contribution in [3.63, 3.8) is 0 Å². The number of carboxylic acids is 1. The van der Waals surface area contributed by atoms with Crippen molar-refractivity contribution in [1.82, 2.24) is 4.72 Å². The summed E-state index contributed by atoms with van der Waals surface area (Å²) in [6.07, 6.45) is 0. The van der Waals surface area contributed by atoms with Gasteiger partial charge in [0, 0.05) is 0 Å². The lowest BCUT2D eigenvalue weighted by Crippen LogP contribution is -2.38. The van der Waals surface area contributed by atoms with Crippen molar-refractivity contribution in [2.24, 2.45) is 0 Å². The van der Waals surface area contributed by atoms with Crippen molar-refractivity contribution in [3.8, 4) is 0 Å². The van der Waals surface area contributed by atoms with Crippen molar-refractivity contribution in [2.75, 3.05) is 0 Å². The van der Waals surface area contributed by atoms with Gasteiger partial charge in [0.1, 0.15) is 11.9 Å². The molecule has 0 saturated heterocycles. The number of benzene rings is 1. The maximum Gasteiger partial charge on any atom is 0.321 e. The number of hydrogen-bond acceptors (Lipinski definition) is 3. The zero-order valence-electron chi connectivity index (χ0n) is 9.27. The maximum absolute atomic E-state index is 12.8. The molecule has 1 rings (SSSR count). The minimum atomic E-state index is -3.95. The summed E-state index contributed by atoms with van der Waals surface area (Å²) in [7, 11) is -3.95. The lowest BCUT2D eigenvalue weighted by Gasteiger charge is -2.11. The van der Waals surface area contributed by atoms with Crippen LogP contribution in [0.3, 0.4) is 0 Å². The van der Waals surface area contributed by atoms with Crippen molar-refractivity contribution >= 4 is 16.0 Å². The topological polar surface area (TPSA) is 83.5 Å². The minimum Gasteiger partial charge on any atom is -0.480 e. The summed E-state index contributed by atoms with van der Waals surface area (Å²) in [5.74, 6) is -1.83. The SMILES string of the molecule is Cc1cc(F)ccc1S(=O)(=O)N[C@H](C)C(=O)O. The van der Waals surface area contributed by atoms with Crippen molar-refractivity contribution in [2.45, 2.75) is 24.8 Å². The monoisotopic (exact) mass is 261 g/mol. The molecule has 7 heteroatoms. The molecule has 0 heterocycles. The molecule has 1 aromatic rings. The molecule has 2 N–H and O–H groups in total. The first kappa shape index (κ1) is 13.6. The fraction of sp³-hybridized carbons (Fsp3) is 0.300. The van der Waals surface area contributed by atoms with Crippen LogP contribution in [0.5, 0.6) is 0 Å². The van der Waals surface area contributed by atoms with Crippen LogP contribution >= 0.6 is 0 Å². The van der Waals surface area contributed by atoms with Crippen LogP contribution in [-0.4, -0.2) is 25.5 Å². The quantitative estimate of drug-likeness (QED) is 0.843. The smallest absolute Gasteiger partial charge is 0.321 e. The first-order chi connectivity index (χ1) is 7.74. The van der Waals surface area contributed by atoms with E-state index >= 15 is 0 Å². The lowest BCUT2D eigenvalue weighted by molar-refractivity contribution is -0.138. The second-order valence-corrected chi connectivity index (χ2v) is 5.27. The summed E-state index contributed by atoms with van der Waals surface area (Å²) in [4.78, 5) is 10.4. The van der Waals surface area contributed by atoms with E-state index in [2.05, 4.69) is 0 Å². The first-order valence-electron chi connectivity index (χ1n) is 4.75. The Bertz CT molecular complexity index is 541. The van der Waals surface area contributed by atoms with Gasteiger partial charge in [0.15, 0.2) is 0 Å². The third-order valence-electron chi connectivity index (χ3n) is 2.13. The molecule has 0 saturated carbocycles. The summed E-state index contributed by atoms with van der Waals surface area (Å²) >= 11 is 0. The van der Waals surface area contributed by atoms with Crippen LogP contribution in [0.25, 0.3) is 0 Å².